The molecule has 2 unspecified atom stereocenters. The van der Waals surface area contributed by atoms with Crippen LogP contribution in [0.4, 0.5) is 0 Å². The molecule has 0 radical (unpaired) electrons. The van der Waals surface area contributed by atoms with Crippen LogP contribution in [-0.4, -0.2) is 0 Å². The van der Waals surface area contributed by atoms with Crippen molar-refractivity contribution in [2.75, 3.05) is 0 Å². The fourth-order valence-corrected chi connectivity index (χ4v) is 2.10. The second kappa shape index (κ2) is 1.86. The summed E-state index contributed by atoms with van der Waals surface area (Å²) in [5.74, 6) is 2.05. The summed E-state index contributed by atoms with van der Waals surface area (Å²) >= 11 is 0. The molecule has 0 saturated heterocycles. The van der Waals surface area contributed by atoms with Gasteiger partial charge in [0.05, 0.1) is 0 Å². The molecule has 2 aliphatic carbocycles. The summed E-state index contributed by atoms with van der Waals surface area (Å²) in [4.78, 5) is 0. The highest BCUT2D eigenvalue weighted by Gasteiger charge is 2.37. The average molecular weight is 122 g/mol. The summed E-state index contributed by atoms with van der Waals surface area (Å²) in [6.45, 7) is 2.29. The normalized spacial score (nSPS) is 38.1. The molecule has 0 heteroatoms. The lowest BCUT2D eigenvalue weighted by Crippen LogP contribution is -1.97. The van der Waals surface area contributed by atoms with Gasteiger partial charge in [-0.15, -0.1) is 0 Å². The Morgan fingerprint density at radius 1 is 1.67 bits per heavy atom. The molecule has 0 nitrogen and oxygen atoms in total. The molecule has 0 aromatic rings. The van der Waals surface area contributed by atoms with Crippen molar-refractivity contribution < 1.29 is 0 Å². The first-order valence-electron chi connectivity index (χ1n) is 4.12. The van der Waals surface area contributed by atoms with Gasteiger partial charge < -0.3 is 0 Å². The van der Waals surface area contributed by atoms with Crippen LogP contribution in [0.25, 0.3) is 0 Å². The lowest BCUT2D eigenvalue weighted by atomic mass is 9.98. The van der Waals surface area contributed by atoms with E-state index in [4.69, 9.17) is 0 Å². The fourth-order valence-electron chi connectivity index (χ4n) is 2.10. The fraction of sp³-hybridized carbons (Fsp3) is 0.778. The predicted molar refractivity (Wildman–Crippen MR) is 39.2 cm³/mol. The Bertz CT molecular complexity index is 144. The molecule has 0 bridgehead atoms. The largest absolute Gasteiger partial charge is 0.0773 e. The van der Waals surface area contributed by atoms with Crippen LogP contribution in [0, 0.1) is 11.8 Å². The first-order chi connectivity index (χ1) is 4.42. The molecule has 9 heavy (non-hydrogen) atoms. The average Bonchev–Trinajstić information content (AvgIpc) is 2.54. The van der Waals surface area contributed by atoms with E-state index in [0.29, 0.717) is 0 Å². The van der Waals surface area contributed by atoms with Crippen LogP contribution in [0.2, 0.25) is 0 Å². The number of hydrogen-bond donors (Lipinski definition) is 0. The van der Waals surface area contributed by atoms with E-state index in [2.05, 4.69) is 13.0 Å². The molecule has 0 aliphatic heterocycles. The second-order valence-corrected chi connectivity index (χ2v) is 3.35. The van der Waals surface area contributed by atoms with Gasteiger partial charge in [-0.2, -0.15) is 0 Å². The van der Waals surface area contributed by atoms with E-state index >= 15 is 0 Å². The Morgan fingerprint density at radius 2 is 2.56 bits per heavy atom. The van der Waals surface area contributed by atoms with Gasteiger partial charge in [0.25, 0.3) is 0 Å². The zero-order valence-corrected chi connectivity index (χ0v) is 6.06. The number of hydrogen-bond acceptors (Lipinski definition) is 0. The highest BCUT2D eigenvalue weighted by molar-refractivity contribution is 5.34. The molecule has 0 N–H and O–H groups in total. The Kier molecular flexibility index (Phi) is 1.14. The van der Waals surface area contributed by atoms with Crippen molar-refractivity contribution >= 4 is 0 Å². The molecule has 2 aliphatic rings. The van der Waals surface area contributed by atoms with Crippen LogP contribution in [0.15, 0.2) is 11.6 Å². The summed E-state index contributed by atoms with van der Waals surface area (Å²) in [5, 5.41) is 0. The molecular formula is C9H14. The Balaban J connectivity index is 1.87. The van der Waals surface area contributed by atoms with E-state index in [9.17, 15) is 0 Å². The monoisotopic (exact) mass is 122 g/mol. The van der Waals surface area contributed by atoms with Crippen molar-refractivity contribution in [2.24, 2.45) is 11.8 Å². The number of fused-ring (bicyclic) bond motifs is 1. The van der Waals surface area contributed by atoms with Gasteiger partial charge in [-0.05, 0) is 25.2 Å². The van der Waals surface area contributed by atoms with E-state index < -0.39 is 0 Å². The van der Waals surface area contributed by atoms with Gasteiger partial charge in [0.1, 0.15) is 0 Å². The van der Waals surface area contributed by atoms with E-state index in [1.54, 1.807) is 5.57 Å². The predicted octanol–water partition coefficient (Wildman–Crippen LogP) is 2.75. The first-order valence-corrected chi connectivity index (χ1v) is 4.12. The maximum Gasteiger partial charge on any atom is 0.000824 e. The summed E-state index contributed by atoms with van der Waals surface area (Å²) in [5.41, 5.74) is 1.77. The van der Waals surface area contributed by atoms with Crippen molar-refractivity contribution in [3.8, 4) is 0 Å². The lowest BCUT2D eigenvalue weighted by molar-refractivity contribution is 0.459. The van der Waals surface area contributed by atoms with Crippen LogP contribution < -0.4 is 0 Å². The molecule has 0 aromatic heterocycles. The molecule has 50 valence electrons. The maximum atomic E-state index is 2.46. The SMILES string of the molecule is CCCC1CCC2=CC21. The van der Waals surface area contributed by atoms with E-state index in [-0.39, 0.29) is 0 Å². The Labute approximate surface area is 57.0 Å². The van der Waals surface area contributed by atoms with Crippen LogP contribution in [0.5, 0.6) is 0 Å². The molecule has 2 rings (SSSR count). The smallest absolute Gasteiger partial charge is 0.000824 e. The minimum atomic E-state index is 0.991. The number of rotatable bonds is 2. The molecule has 2 atom stereocenters. The van der Waals surface area contributed by atoms with Gasteiger partial charge in [-0.3, -0.25) is 0 Å². The van der Waals surface area contributed by atoms with Crippen LogP contribution in [0.1, 0.15) is 32.6 Å². The second-order valence-electron chi connectivity index (χ2n) is 3.35. The van der Waals surface area contributed by atoms with Crippen molar-refractivity contribution in [1.82, 2.24) is 0 Å². The summed E-state index contributed by atoms with van der Waals surface area (Å²) in [7, 11) is 0. The quantitative estimate of drug-likeness (QED) is 0.494. The van der Waals surface area contributed by atoms with Crippen LogP contribution in [0.3, 0.4) is 0 Å². The van der Waals surface area contributed by atoms with Gasteiger partial charge in [-0.1, -0.05) is 25.0 Å². The summed E-state index contributed by atoms with van der Waals surface area (Å²) in [6, 6.07) is 0. The van der Waals surface area contributed by atoms with E-state index in [1.165, 1.54) is 25.7 Å². The van der Waals surface area contributed by atoms with Crippen molar-refractivity contribution in [1.29, 1.82) is 0 Å². The number of allylic oxidation sites excluding steroid dienone is 2. The third kappa shape index (κ3) is 0.810. The molecule has 0 aromatic carbocycles. The molecule has 1 saturated carbocycles. The zero-order chi connectivity index (χ0) is 6.27. The van der Waals surface area contributed by atoms with Crippen LogP contribution >= 0.6 is 0 Å². The van der Waals surface area contributed by atoms with Gasteiger partial charge in [0.15, 0.2) is 0 Å². The van der Waals surface area contributed by atoms with Gasteiger partial charge >= 0.3 is 0 Å². The molecular weight excluding hydrogens is 108 g/mol. The molecule has 0 spiro atoms. The molecule has 0 amide bonds. The minimum Gasteiger partial charge on any atom is -0.0773 e. The molecule has 0 heterocycles. The van der Waals surface area contributed by atoms with E-state index in [1.807, 2.05) is 0 Å². The van der Waals surface area contributed by atoms with Crippen molar-refractivity contribution in [3.05, 3.63) is 11.6 Å². The third-order valence-corrected chi connectivity index (χ3v) is 2.68. The zero-order valence-electron chi connectivity index (χ0n) is 6.06. The highest BCUT2D eigenvalue weighted by Crippen LogP contribution is 2.49. The van der Waals surface area contributed by atoms with Gasteiger partial charge in [-0.25, -0.2) is 0 Å². The van der Waals surface area contributed by atoms with Crippen molar-refractivity contribution in [3.63, 3.8) is 0 Å². The Hall–Kier alpha value is -0.260. The minimum absolute atomic E-state index is 0.991. The third-order valence-electron chi connectivity index (χ3n) is 2.68. The van der Waals surface area contributed by atoms with Gasteiger partial charge in [0.2, 0.25) is 0 Å². The summed E-state index contributed by atoms with van der Waals surface area (Å²) < 4.78 is 0. The lowest BCUT2D eigenvalue weighted by Gasteiger charge is -2.07. The highest BCUT2D eigenvalue weighted by atomic mass is 14.4. The maximum absolute atomic E-state index is 2.46. The topological polar surface area (TPSA) is 0 Å². The summed E-state index contributed by atoms with van der Waals surface area (Å²) in [6.07, 6.45) is 8.22. The molecule has 1 fully saturated rings. The van der Waals surface area contributed by atoms with E-state index in [0.717, 1.165) is 11.8 Å². The standard InChI is InChI=1S/C9H14/c1-2-3-7-4-5-8-6-9(7)8/h6-7,9H,2-5H2,1H3. The van der Waals surface area contributed by atoms with Crippen molar-refractivity contribution in [2.45, 2.75) is 32.6 Å². The van der Waals surface area contributed by atoms with Crippen LogP contribution in [-0.2, 0) is 0 Å². The Morgan fingerprint density at radius 3 is 3.00 bits per heavy atom. The van der Waals surface area contributed by atoms with Gasteiger partial charge in [0, 0.05) is 5.92 Å². The first kappa shape index (κ1) is 5.52.